The van der Waals surface area contributed by atoms with Crippen molar-refractivity contribution in [3.05, 3.63) is 0 Å². The van der Waals surface area contributed by atoms with E-state index in [-0.39, 0.29) is 25.0 Å². The van der Waals surface area contributed by atoms with E-state index in [9.17, 15) is 23.1 Å². The third-order valence-electron chi connectivity index (χ3n) is 4.24. The third kappa shape index (κ3) is 5.43. The molecule has 134 valence electrons. The van der Waals surface area contributed by atoms with Crippen LogP contribution in [0.4, 0.5) is 0 Å². The summed E-state index contributed by atoms with van der Waals surface area (Å²) >= 11 is 0. The first-order valence-electron chi connectivity index (χ1n) is 7.90. The standard InChI is InChI=1S/C14H27N3O5S/c1-11(14(19)20)17(10-9-15-12(2)18)23(21,22)16(3)13-7-5-4-6-8-13/h11,13H,4-10H2,1-3H3,(H,15,18)(H,19,20). The fourth-order valence-corrected chi connectivity index (χ4v) is 4.50. The third-order valence-corrected chi connectivity index (χ3v) is 6.36. The molecule has 1 fully saturated rings. The molecule has 0 aliphatic heterocycles. The van der Waals surface area contributed by atoms with Gasteiger partial charge in [-0.05, 0) is 19.8 Å². The number of carbonyl (C=O) groups is 2. The molecule has 1 saturated carbocycles. The van der Waals surface area contributed by atoms with Crippen LogP contribution < -0.4 is 5.32 Å². The van der Waals surface area contributed by atoms with E-state index in [1.807, 2.05) is 0 Å². The Labute approximate surface area is 138 Å². The molecule has 1 atom stereocenters. The lowest BCUT2D eigenvalue weighted by atomic mass is 9.96. The number of rotatable bonds is 8. The first kappa shape index (κ1) is 19.9. The molecule has 0 aromatic carbocycles. The van der Waals surface area contributed by atoms with Gasteiger partial charge in [0.15, 0.2) is 0 Å². The van der Waals surface area contributed by atoms with E-state index in [1.54, 1.807) is 0 Å². The molecular weight excluding hydrogens is 322 g/mol. The summed E-state index contributed by atoms with van der Waals surface area (Å²) in [6.45, 7) is 2.66. The van der Waals surface area contributed by atoms with Crippen LogP contribution in [0.5, 0.6) is 0 Å². The quantitative estimate of drug-likeness (QED) is 0.660. The Morgan fingerprint density at radius 2 is 1.83 bits per heavy atom. The molecule has 8 nitrogen and oxygen atoms in total. The fraction of sp³-hybridized carbons (Fsp3) is 0.857. The van der Waals surface area contributed by atoms with Gasteiger partial charge in [0.2, 0.25) is 5.91 Å². The van der Waals surface area contributed by atoms with Crippen molar-refractivity contribution in [1.82, 2.24) is 13.9 Å². The van der Waals surface area contributed by atoms with Crippen LogP contribution in [0.3, 0.4) is 0 Å². The van der Waals surface area contributed by atoms with E-state index < -0.39 is 22.2 Å². The van der Waals surface area contributed by atoms with Gasteiger partial charge in [-0.15, -0.1) is 0 Å². The summed E-state index contributed by atoms with van der Waals surface area (Å²) < 4.78 is 27.9. The predicted molar refractivity (Wildman–Crippen MR) is 86.0 cm³/mol. The normalized spacial score (nSPS) is 18.1. The number of aliphatic carboxylic acids is 1. The SMILES string of the molecule is CC(=O)NCCN(C(C)C(=O)O)S(=O)(=O)N(C)C1CCCCC1. The molecule has 0 saturated heterocycles. The molecule has 2 N–H and O–H groups in total. The average molecular weight is 349 g/mol. The Kier molecular flexibility index (Phi) is 7.43. The number of carboxylic acid groups (broad SMARTS) is 1. The minimum atomic E-state index is -3.91. The number of carbonyl (C=O) groups excluding carboxylic acids is 1. The second kappa shape index (κ2) is 8.60. The summed E-state index contributed by atoms with van der Waals surface area (Å²) in [4.78, 5) is 22.2. The Morgan fingerprint density at radius 3 is 2.30 bits per heavy atom. The van der Waals surface area contributed by atoms with Crippen molar-refractivity contribution >= 4 is 22.1 Å². The molecule has 1 amide bonds. The van der Waals surface area contributed by atoms with Gasteiger partial charge in [-0.25, -0.2) is 0 Å². The van der Waals surface area contributed by atoms with Crippen LogP contribution in [0.15, 0.2) is 0 Å². The number of hydrogen-bond donors (Lipinski definition) is 2. The second-order valence-corrected chi connectivity index (χ2v) is 7.86. The Morgan fingerprint density at radius 1 is 1.26 bits per heavy atom. The van der Waals surface area contributed by atoms with Crippen LogP contribution in [0.25, 0.3) is 0 Å². The summed E-state index contributed by atoms with van der Waals surface area (Å²) in [6.07, 6.45) is 4.63. The lowest BCUT2D eigenvalue weighted by molar-refractivity contribution is -0.140. The van der Waals surface area contributed by atoms with Crippen molar-refractivity contribution in [3.8, 4) is 0 Å². The predicted octanol–water partition coefficient (Wildman–Crippen LogP) is 0.407. The molecule has 0 aromatic rings. The van der Waals surface area contributed by atoms with Gasteiger partial charge in [-0.1, -0.05) is 19.3 Å². The molecule has 1 rings (SSSR count). The fourth-order valence-electron chi connectivity index (χ4n) is 2.77. The van der Waals surface area contributed by atoms with Crippen molar-refractivity contribution in [2.45, 2.75) is 58.0 Å². The highest BCUT2D eigenvalue weighted by Crippen LogP contribution is 2.25. The summed E-state index contributed by atoms with van der Waals surface area (Å²) in [5.74, 6) is -1.50. The zero-order valence-electron chi connectivity index (χ0n) is 14.0. The zero-order chi connectivity index (χ0) is 17.6. The minimum Gasteiger partial charge on any atom is -0.480 e. The van der Waals surface area contributed by atoms with E-state index in [0.717, 1.165) is 36.4 Å². The van der Waals surface area contributed by atoms with Gasteiger partial charge in [0.05, 0.1) is 0 Å². The van der Waals surface area contributed by atoms with Gasteiger partial charge in [-0.2, -0.15) is 17.0 Å². The maximum atomic E-state index is 12.8. The summed E-state index contributed by atoms with van der Waals surface area (Å²) in [7, 11) is -2.40. The molecule has 0 spiro atoms. The van der Waals surface area contributed by atoms with Crippen molar-refractivity contribution in [3.63, 3.8) is 0 Å². The maximum absolute atomic E-state index is 12.8. The van der Waals surface area contributed by atoms with E-state index >= 15 is 0 Å². The highest BCUT2D eigenvalue weighted by atomic mass is 32.2. The molecular formula is C14H27N3O5S. The minimum absolute atomic E-state index is 0.0741. The zero-order valence-corrected chi connectivity index (χ0v) is 14.8. The van der Waals surface area contributed by atoms with Gasteiger partial charge >= 0.3 is 5.97 Å². The maximum Gasteiger partial charge on any atom is 0.321 e. The van der Waals surface area contributed by atoms with Gasteiger partial charge in [-0.3, -0.25) is 9.59 Å². The molecule has 1 unspecified atom stereocenters. The largest absolute Gasteiger partial charge is 0.480 e. The van der Waals surface area contributed by atoms with Crippen molar-refractivity contribution in [2.75, 3.05) is 20.1 Å². The Hall–Kier alpha value is -1.19. The van der Waals surface area contributed by atoms with E-state index in [4.69, 9.17) is 0 Å². The van der Waals surface area contributed by atoms with E-state index in [1.165, 1.54) is 25.2 Å². The van der Waals surface area contributed by atoms with Gasteiger partial charge < -0.3 is 10.4 Å². The number of hydrogen-bond acceptors (Lipinski definition) is 4. The highest BCUT2D eigenvalue weighted by Gasteiger charge is 2.37. The summed E-state index contributed by atoms with van der Waals surface area (Å²) in [6, 6.07) is -1.29. The highest BCUT2D eigenvalue weighted by molar-refractivity contribution is 7.86. The average Bonchev–Trinajstić information content (AvgIpc) is 2.50. The smallest absolute Gasteiger partial charge is 0.321 e. The van der Waals surface area contributed by atoms with Crippen molar-refractivity contribution < 1.29 is 23.1 Å². The first-order valence-corrected chi connectivity index (χ1v) is 9.29. The van der Waals surface area contributed by atoms with Crippen molar-refractivity contribution in [2.24, 2.45) is 0 Å². The molecule has 9 heteroatoms. The van der Waals surface area contributed by atoms with Gasteiger partial charge in [0.25, 0.3) is 10.2 Å². The van der Waals surface area contributed by atoms with Crippen molar-refractivity contribution in [1.29, 1.82) is 0 Å². The topological polar surface area (TPSA) is 107 Å². The van der Waals surface area contributed by atoms with Crippen LogP contribution in [-0.2, 0) is 19.8 Å². The monoisotopic (exact) mass is 349 g/mol. The molecule has 1 aliphatic rings. The van der Waals surface area contributed by atoms with Crippen LogP contribution in [0.2, 0.25) is 0 Å². The number of nitrogens with one attached hydrogen (secondary N) is 1. The van der Waals surface area contributed by atoms with Crippen LogP contribution in [0.1, 0.15) is 46.0 Å². The first-order chi connectivity index (χ1) is 10.7. The summed E-state index contributed by atoms with van der Waals surface area (Å²) in [5, 5.41) is 11.7. The molecule has 23 heavy (non-hydrogen) atoms. The lowest BCUT2D eigenvalue weighted by Crippen LogP contribution is -2.53. The molecule has 0 bridgehead atoms. The van der Waals surface area contributed by atoms with E-state index in [2.05, 4.69) is 5.32 Å². The van der Waals surface area contributed by atoms with Crippen LogP contribution in [0, 0.1) is 0 Å². The molecule has 0 heterocycles. The van der Waals surface area contributed by atoms with Gasteiger partial charge in [0, 0.05) is 33.1 Å². The van der Waals surface area contributed by atoms with E-state index in [0.29, 0.717) is 0 Å². The Bertz CT molecular complexity index is 517. The lowest BCUT2D eigenvalue weighted by Gasteiger charge is -2.35. The van der Waals surface area contributed by atoms with Crippen LogP contribution in [-0.4, -0.2) is 66.2 Å². The summed E-state index contributed by atoms with van der Waals surface area (Å²) in [5.41, 5.74) is 0. The second-order valence-electron chi connectivity index (χ2n) is 5.92. The molecule has 0 aromatic heterocycles. The van der Waals surface area contributed by atoms with Crippen LogP contribution >= 0.6 is 0 Å². The molecule has 1 aliphatic carbocycles. The number of carboxylic acids is 1. The number of amides is 1. The van der Waals surface area contributed by atoms with Gasteiger partial charge in [0.1, 0.15) is 6.04 Å². The molecule has 0 radical (unpaired) electrons. The number of nitrogens with zero attached hydrogens (tertiary/aromatic N) is 2. The Balaban J connectivity index is 2.91.